The Kier molecular flexibility index (Phi) is 8.25. The second-order valence-electron chi connectivity index (χ2n) is 10.1. The molecule has 2 aliphatic heterocycles. The van der Waals surface area contributed by atoms with Gasteiger partial charge >= 0.3 is 0 Å². The lowest BCUT2D eigenvalue weighted by atomic mass is 9.99. The number of nitrogens with one attached hydrogen (secondary N) is 1. The van der Waals surface area contributed by atoms with Crippen molar-refractivity contribution in [2.24, 2.45) is 5.92 Å². The second-order valence-corrected chi connectivity index (χ2v) is 12.4. The summed E-state index contributed by atoms with van der Waals surface area (Å²) in [7, 11) is 0.148. The average Bonchev–Trinajstić information content (AvgIpc) is 3.60. The van der Waals surface area contributed by atoms with Crippen LogP contribution in [0.25, 0.3) is 0 Å². The normalized spacial score (nSPS) is 20.2. The molecule has 224 valence electrons. The standard InChI is InChI=1S/C26H30ClN7O7S/c1-31-8-6-28-24(35)9-16-12-33(42(38,39)23-11-21(40-2)19(27)10-22(23)41-3)15-20(16)34-14-17(29-30-34)13-32-7-4-5-18(25(31)36)26(32)37/h4-5,7,10-11,14,16,20H,6,8-9,12-13,15H2,1-3H3,(H,28,35)/t16-,20+/m0/s1. The highest BCUT2D eigenvalue weighted by Crippen LogP contribution is 2.40. The fourth-order valence-electron chi connectivity index (χ4n) is 5.21. The first-order valence-corrected chi connectivity index (χ1v) is 14.9. The minimum Gasteiger partial charge on any atom is -0.495 e. The first-order chi connectivity index (χ1) is 20.0. The van der Waals surface area contributed by atoms with Crippen LogP contribution >= 0.6 is 11.6 Å². The Morgan fingerprint density at radius 2 is 1.86 bits per heavy atom. The van der Waals surface area contributed by atoms with Crippen molar-refractivity contribution < 1.29 is 27.5 Å². The first kappa shape index (κ1) is 29.5. The molecular formula is C26H30ClN7O7S. The van der Waals surface area contributed by atoms with Crippen LogP contribution in [-0.2, 0) is 21.4 Å². The molecule has 14 nitrogen and oxygen atoms in total. The molecule has 1 saturated heterocycles. The first-order valence-electron chi connectivity index (χ1n) is 13.1. The summed E-state index contributed by atoms with van der Waals surface area (Å²) in [6, 6.07) is 5.21. The van der Waals surface area contributed by atoms with Gasteiger partial charge in [-0.15, -0.1) is 5.10 Å². The van der Waals surface area contributed by atoms with Crippen molar-refractivity contribution in [3.8, 4) is 11.5 Å². The van der Waals surface area contributed by atoms with Crippen molar-refractivity contribution in [1.29, 1.82) is 0 Å². The summed E-state index contributed by atoms with van der Waals surface area (Å²) in [4.78, 5) is 40.2. The number of aromatic nitrogens is 4. The Morgan fingerprint density at radius 3 is 2.60 bits per heavy atom. The largest absolute Gasteiger partial charge is 0.495 e. The smallest absolute Gasteiger partial charge is 0.263 e. The van der Waals surface area contributed by atoms with E-state index in [-0.39, 0.29) is 72.0 Å². The van der Waals surface area contributed by atoms with Crippen LogP contribution in [0.4, 0.5) is 0 Å². The van der Waals surface area contributed by atoms with Crippen molar-refractivity contribution in [3.63, 3.8) is 0 Å². The van der Waals surface area contributed by atoms with Crippen LogP contribution in [0, 0.1) is 5.92 Å². The third-order valence-electron chi connectivity index (χ3n) is 7.47. The third-order valence-corrected chi connectivity index (χ3v) is 9.62. The number of pyridine rings is 1. The maximum atomic E-state index is 13.9. The van der Waals surface area contributed by atoms with Gasteiger partial charge in [-0.2, -0.15) is 4.31 Å². The highest BCUT2D eigenvalue weighted by atomic mass is 35.5. The Hall–Kier alpha value is -3.95. The molecule has 0 spiro atoms. The van der Waals surface area contributed by atoms with Crippen LogP contribution in [0.3, 0.4) is 0 Å². The number of carbonyl (C=O) groups excluding carboxylic acids is 2. The summed E-state index contributed by atoms with van der Waals surface area (Å²) in [6.07, 6.45) is 3.18. The summed E-state index contributed by atoms with van der Waals surface area (Å²) >= 11 is 6.20. The van der Waals surface area contributed by atoms with Crippen molar-refractivity contribution in [2.45, 2.75) is 23.9 Å². The molecule has 2 aliphatic rings. The third kappa shape index (κ3) is 5.58. The predicted octanol–water partition coefficient (Wildman–Crippen LogP) is 0.612. The Bertz CT molecular complexity index is 1690. The average molecular weight is 620 g/mol. The number of hydrogen-bond donors (Lipinski definition) is 1. The minimum absolute atomic E-state index is 0.00299. The fourth-order valence-corrected chi connectivity index (χ4v) is 7.11. The number of benzene rings is 1. The van der Waals surface area contributed by atoms with E-state index in [1.54, 1.807) is 25.5 Å². The van der Waals surface area contributed by atoms with E-state index in [1.165, 1.54) is 50.9 Å². The molecule has 3 aromatic rings. The van der Waals surface area contributed by atoms with E-state index in [4.69, 9.17) is 21.1 Å². The van der Waals surface area contributed by atoms with E-state index in [1.807, 2.05) is 0 Å². The number of methoxy groups -OCH3 is 2. The number of likely N-dealkylation sites (N-methyl/N-ethyl adjacent to an activating group) is 1. The van der Waals surface area contributed by atoms with Crippen molar-refractivity contribution in [1.82, 2.24) is 34.1 Å². The van der Waals surface area contributed by atoms with Gasteiger partial charge in [0, 0.05) is 63.9 Å². The van der Waals surface area contributed by atoms with Crippen LogP contribution in [-0.4, -0.2) is 96.4 Å². The van der Waals surface area contributed by atoms with Crippen molar-refractivity contribution in [2.75, 3.05) is 47.4 Å². The summed E-state index contributed by atoms with van der Waals surface area (Å²) in [5.74, 6) is -1.02. The lowest BCUT2D eigenvalue weighted by Crippen LogP contribution is -2.39. The number of amides is 2. The highest BCUT2D eigenvalue weighted by molar-refractivity contribution is 7.89. The molecule has 2 aromatic heterocycles. The number of rotatable bonds is 4. The molecule has 4 bridgehead atoms. The van der Waals surface area contributed by atoms with Crippen LogP contribution in [0.2, 0.25) is 5.02 Å². The van der Waals surface area contributed by atoms with Gasteiger partial charge in [-0.1, -0.05) is 16.8 Å². The molecular weight excluding hydrogens is 590 g/mol. The minimum atomic E-state index is -4.13. The van der Waals surface area contributed by atoms with E-state index in [0.29, 0.717) is 5.69 Å². The molecule has 0 saturated carbocycles. The lowest BCUT2D eigenvalue weighted by Gasteiger charge is -2.20. The molecule has 0 unspecified atom stereocenters. The Labute approximate surface area is 246 Å². The molecule has 4 heterocycles. The zero-order valence-electron chi connectivity index (χ0n) is 23.2. The van der Waals surface area contributed by atoms with Crippen molar-refractivity contribution >= 4 is 33.4 Å². The van der Waals surface area contributed by atoms with Crippen LogP contribution < -0.4 is 20.3 Å². The lowest BCUT2D eigenvalue weighted by molar-refractivity contribution is -0.122. The van der Waals surface area contributed by atoms with Gasteiger partial charge in [0.05, 0.1) is 38.0 Å². The molecule has 42 heavy (non-hydrogen) atoms. The summed E-state index contributed by atoms with van der Waals surface area (Å²) in [5, 5.41) is 11.4. The summed E-state index contributed by atoms with van der Waals surface area (Å²) < 4.78 is 42.5. The highest BCUT2D eigenvalue weighted by Gasteiger charge is 2.43. The van der Waals surface area contributed by atoms with Gasteiger partial charge in [0.25, 0.3) is 11.5 Å². The number of fused-ring (bicyclic) bond motifs is 6. The number of ether oxygens (including phenoxy) is 2. The molecule has 1 aromatic carbocycles. The number of sulfonamides is 1. The summed E-state index contributed by atoms with van der Waals surface area (Å²) in [5.41, 5.74) is -0.0593. The number of carbonyl (C=O) groups is 2. The van der Waals surface area contributed by atoms with E-state index < -0.39 is 33.4 Å². The van der Waals surface area contributed by atoms with E-state index in [2.05, 4.69) is 15.6 Å². The molecule has 2 atom stereocenters. The van der Waals surface area contributed by atoms with Crippen molar-refractivity contribution in [3.05, 3.63) is 63.3 Å². The molecule has 2 amide bonds. The maximum Gasteiger partial charge on any atom is 0.263 e. The molecule has 5 rings (SSSR count). The SMILES string of the molecule is COc1cc(S(=O)(=O)N2C[C@@H]3CC(=O)NCCN(C)C(=O)c4cccn(c4=O)Cc4cn(nn4)[C@@H]3C2)c(OC)cc1Cl. The fraction of sp³-hybridized carbons (Fsp3) is 0.423. The van der Waals surface area contributed by atoms with Gasteiger partial charge in [-0.25, -0.2) is 13.1 Å². The van der Waals surface area contributed by atoms with Crippen LogP contribution in [0.5, 0.6) is 11.5 Å². The molecule has 0 aliphatic carbocycles. The predicted molar refractivity (Wildman–Crippen MR) is 150 cm³/mol. The maximum absolute atomic E-state index is 13.9. The molecule has 16 heteroatoms. The van der Waals surface area contributed by atoms with Crippen LogP contribution in [0.1, 0.15) is 28.5 Å². The second kappa shape index (κ2) is 11.7. The Balaban J connectivity index is 1.51. The molecule has 1 fully saturated rings. The van der Waals surface area contributed by atoms with Crippen LogP contribution in [0.15, 0.2) is 46.3 Å². The van der Waals surface area contributed by atoms with E-state index in [9.17, 15) is 22.8 Å². The summed E-state index contributed by atoms with van der Waals surface area (Å²) in [6.45, 7) is 0.392. The number of halogens is 1. The quantitative estimate of drug-likeness (QED) is 0.442. The van der Waals surface area contributed by atoms with E-state index >= 15 is 0 Å². The topological polar surface area (TPSA) is 158 Å². The zero-order chi connectivity index (χ0) is 30.2. The zero-order valence-corrected chi connectivity index (χ0v) is 24.8. The van der Waals surface area contributed by atoms with Gasteiger partial charge in [0.1, 0.15) is 27.7 Å². The van der Waals surface area contributed by atoms with Gasteiger partial charge in [0.2, 0.25) is 15.9 Å². The van der Waals surface area contributed by atoms with Gasteiger partial charge < -0.3 is 24.3 Å². The molecule has 0 radical (unpaired) electrons. The number of hydrogen-bond acceptors (Lipinski definition) is 9. The van der Waals surface area contributed by atoms with E-state index in [0.717, 1.165) is 0 Å². The van der Waals surface area contributed by atoms with Gasteiger partial charge in [-0.05, 0) is 12.1 Å². The van der Waals surface area contributed by atoms with Gasteiger partial charge in [-0.3, -0.25) is 14.4 Å². The molecule has 1 N–H and O–H groups in total. The Morgan fingerprint density at radius 1 is 1.10 bits per heavy atom. The van der Waals surface area contributed by atoms with Gasteiger partial charge in [0.15, 0.2) is 0 Å². The number of nitrogens with zero attached hydrogens (tertiary/aromatic N) is 6. The monoisotopic (exact) mass is 619 g/mol.